The maximum Gasteiger partial charge on any atom is 0.166 e. The van der Waals surface area contributed by atoms with E-state index in [9.17, 15) is 9.50 Å². The van der Waals surface area contributed by atoms with Gasteiger partial charge >= 0.3 is 0 Å². The molecule has 1 atom stereocenters. The van der Waals surface area contributed by atoms with Crippen molar-refractivity contribution >= 4 is 12.4 Å². The molecule has 0 radical (unpaired) electrons. The van der Waals surface area contributed by atoms with Gasteiger partial charge in [0.25, 0.3) is 0 Å². The Hall–Kier alpha value is -1.31. The van der Waals surface area contributed by atoms with Crippen LogP contribution in [0.15, 0.2) is 12.1 Å². The number of phenolic OH excluding ortho intramolecular Hbond substituents is 1. The Balaban J connectivity index is 0.00000144. The fraction of sp³-hybridized carbons (Fsp3) is 0.417. The van der Waals surface area contributed by atoms with Crippen molar-refractivity contribution in [2.75, 3.05) is 0 Å². The number of benzene rings is 1. The number of nitriles is 1. The van der Waals surface area contributed by atoms with E-state index in [1.165, 1.54) is 6.07 Å². The van der Waals surface area contributed by atoms with Gasteiger partial charge in [-0.25, -0.2) is 4.39 Å². The Morgan fingerprint density at radius 1 is 1.47 bits per heavy atom. The van der Waals surface area contributed by atoms with Gasteiger partial charge in [-0.2, -0.15) is 5.26 Å². The smallest absolute Gasteiger partial charge is 0.166 e. The number of hydrogen-bond donors (Lipinski definition) is 2. The second-order valence-corrected chi connectivity index (χ2v) is 4.22. The molecule has 2 rings (SSSR count). The number of aromatic hydroxyl groups is 1. The predicted molar refractivity (Wildman–Crippen MR) is 64.3 cm³/mol. The zero-order chi connectivity index (χ0) is 11.7. The maximum absolute atomic E-state index is 13.3. The van der Waals surface area contributed by atoms with Crippen molar-refractivity contribution in [2.45, 2.75) is 25.3 Å². The van der Waals surface area contributed by atoms with Gasteiger partial charge in [-0.05, 0) is 30.9 Å². The Morgan fingerprint density at radius 2 is 2.12 bits per heavy atom. The number of hydrogen-bond acceptors (Lipinski definition) is 3. The van der Waals surface area contributed by atoms with Crippen LogP contribution >= 0.6 is 12.4 Å². The summed E-state index contributed by atoms with van der Waals surface area (Å²) < 4.78 is 13.3. The molecule has 1 aliphatic rings. The molecule has 1 saturated carbocycles. The molecule has 0 bridgehead atoms. The molecule has 1 fully saturated rings. The topological polar surface area (TPSA) is 70.0 Å². The highest BCUT2D eigenvalue weighted by Gasteiger charge is 2.28. The molecule has 0 saturated heterocycles. The van der Waals surface area contributed by atoms with Gasteiger partial charge in [0.2, 0.25) is 0 Å². The molecular formula is C12H14ClFN2O. The molecular weight excluding hydrogens is 243 g/mol. The van der Waals surface area contributed by atoms with Gasteiger partial charge in [0.15, 0.2) is 11.6 Å². The first kappa shape index (κ1) is 13.8. The summed E-state index contributed by atoms with van der Waals surface area (Å²) in [5.74, 6) is -0.901. The monoisotopic (exact) mass is 256 g/mol. The van der Waals surface area contributed by atoms with E-state index in [-0.39, 0.29) is 24.0 Å². The number of nitrogens with zero attached hydrogens (tertiary/aromatic N) is 1. The first-order valence-electron chi connectivity index (χ1n) is 5.31. The van der Waals surface area contributed by atoms with Crippen molar-refractivity contribution in [3.8, 4) is 11.8 Å². The van der Waals surface area contributed by atoms with E-state index < -0.39 is 11.6 Å². The minimum absolute atomic E-state index is 0. The average molecular weight is 257 g/mol. The number of phenols is 1. The molecule has 1 aliphatic carbocycles. The second kappa shape index (κ2) is 5.35. The molecule has 0 amide bonds. The highest BCUT2D eigenvalue weighted by molar-refractivity contribution is 5.85. The SMILES string of the molecule is Cl.N#Cc1cc(F)c(O)c([C@H](N)C2CCC2)c1. The summed E-state index contributed by atoms with van der Waals surface area (Å²) in [7, 11) is 0. The molecule has 92 valence electrons. The third-order valence-corrected chi connectivity index (χ3v) is 3.24. The number of halogens is 2. The second-order valence-electron chi connectivity index (χ2n) is 4.22. The van der Waals surface area contributed by atoms with E-state index in [4.69, 9.17) is 11.0 Å². The van der Waals surface area contributed by atoms with Crippen molar-refractivity contribution in [1.82, 2.24) is 0 Å². The molecule has 0 unspecified atom stereocenters. The van der Waals surface area contributed by atoms with Crippen LogP contribution in [0.5, 0.6) is 5.75 Å². The number of rotatable bonds is 2. The molecule has 3 nitrogen and oxygen atoms in total. The highest BCUT2D eigenvalue weighted by atomic mass is 35.5. The molecule has 5 heteroatoms. The summed E-state index contributed by atoms with van der Waals surface area (Å²) in [5.41, 5.74) is 6.50. The standard InChI is InChI=1S/C12H13FN2O.ClH/c13-10-5-7(6-14)4-9(12(10)16)11(15)8-2-1-3-8;/h4-5,8,11,16H,1-3,15H2;1H/t11-;/m1./s1. The van der Waals surface area contributed by atoms with E-state index in [0.29, 0.717) is 11.5 Å². The van der Waals surface area contributed by atoms with Crippen molar-refractivity contribution in [3.05, 3.63) is 29.1 Å². The first-order valence-corrected chi connectivity index (χ1v) is 5.31. The summed E-state index contributed by atoms with van der Waals surface area (Å²) in [4.78, 5) is 0. The third-order valence-electron chi connectivity index (χ3n) is 3.24. The minimum atomic E-state index is -0.774. The zero-order valence-corrected chi connectivity index (χ0v) is 10.0. The van der Waals surface area contributed by atoms with E-state index in [0.717, 1.165) is 25.3 Å². The normalized spacial score (nSPS) is 16.5. The maximum atomic E-state index is 13.3. The van der Waals surface area contributed by atoms with Crippen LogP contribution < -0.4 is 5.73 Å². The van der Waals surface area contributed by atoms with Gasteiger partial charge in [-0.3, -0.25) is 0 Å². The minimum Gasteiger partial charge on any atom is -0.505 e. The highest BCUT2D eigenvalue weighted by Crippen LogP contribution is 2.39. The molecule has 0 aromatic heterocycles. The van der Waals surface area contributed by atoms with Gasteiger partial charge in [-0.15, -0.1) is 12.4 Å². The van der Waals surface area contributed by atoms with Crippen LogP contribution in [0.4, 0.5) is 4.39 Å². The van der Waals surface area contributed by atoms with Crippen LogP contribution in [-0.2, 0) is 0 Å². The predicted octanol–water partition coefficient (Wildman–Crippen LogP) is 2.62. The van der Waals surface area contributed by atoms with Gasteiger partial charge in [0.1, 0.15) is 0 Å². The van der Waals surface area contributed by atoms with Crippen molar-refractivity contribution in [2.24, 2.45) is 11.7 Å². The Labute approximate surface area is 105 Å². The van der Waals surface area contributed by atoms with E-state index >= 15 is 0 Å². The van der Waals surface area contributed by atoms with Crippen LogP contribution in [-0.4, -0.2) is 5.11 Å². The van der Waals surface area contributed by atoms with Crippen molar-refractivity contribution < 1.29 is 9.50 Å². The lowest BCUT2D eigenvalue weighted by atomic mass is 9.77. The van der Waals surface area contributed by atoms with Crippen LogP contribution in [0.1, 0.15) is 36.4 Å². The first-order chi connectivity index (χ1) is 7.63. The molecule has 1 aromatic rings. The Kier molecular flexibility index (Phi) is 4.33. The molecule has 0 spiro atoms. The van der Waals surface area contributed by atoms with Crippen molar-refractivity contribution in [3.63, 3.8) is 0 Å². The van der Waals surface area contributed by atoms with Crippen LogP contribution in [0.25, 0.3) is 0 Å². The summed E-state index contributed by atoms with van der Waals surface area (Å²) in [6, 6.07) is 3.97. The summed E-state index contributed by atoms with van der Waals surface area (Å²) in [6.45, 7) is 0. The summed E-state index contributed by atoms with van der Waals surface area (Å²) in [6.07, 6.45) is 3.12. The third kappa shape index (κ3) is 2.51. The lowest BCUT2D eigenvalue weighted by molar-refractivity contribution is 0.259. The lowest BCUT2D eigenvalue weighted by Crippen LogP contribution is -2.27. The molecule has 3 N–H and O–H groups in total. The fourth-order valence-electron chi connectivity index (χ4n) is 1.99. The van der Waals surface area contributed by atoms with E-state index in [1.807, 2.05) is 6.07 Å². The lowest BCUT2D eigenvalue weighted by Gasteiger charge is -2.31. The molecule has 17 heavy (non-hydrogen) atoms. The summed E-state index contributed by atoms with van der Waals surface area (Å²) >= 11 is 0. The van der Waals surface area contributed by atoms with Crippen LogP contribution in [0.2, 0.25) is 0 Å². The Bertz CT molecular complexity index is 455. The van der Waals surface area contributed by atoms with Crippen molar-refractivity contribution in [1.29, 1.82) is 5.26 Å². The summed E-state index contributed by atoms with van der Waals surface area (Å²) in [5, 5.41) is 18.3. The van der Waals surface area contributed by atoms with Gasteiger partial charge in [-0.1, -0.05) is 6.42 Å². The fourth-order valence-corrected chi connectivity index (χ4v) is 1.99. The van der Waals surface area contributed by atoms with Gasteiger partial charge < -0.3 is 10.8 Å². The zero-order valence-electron chi connectivity index (χ0n) is 9.19. The molecule has 1 aromatic carbocycles. The largest absolute Gasteiger partial charge is 0.505 e. The number of nitrogens with two attached hydrogens (primary N) is 1. The van der Waals surface area contributed by atoms with Gasteiger partial charge in [0.05, 0.1) is 11.6 Å². The average Bonchev–Trinajstić information content (AvgIpc) is 2.19. The van der Waals surface area contributed by atoms with E-state index in [2.05, 4.69) is 0 Å². The molecule has 0 aliphatic heterocycles. The molecule has 0 heterocycles. The quantitative estimate of drug-likeness (QED) is 0.855. The van der Waals surface area contributed by atoms with Gasteiger partial charge in [0, 0.05) is 11.6 Å². The van der Waals surface area contributed by atoms with Crippen LogP contribution in [0.3, 0.4) is 0 Å². The Morgan fingerprint density at radius 3 is 2.59 bits per heavy atom. The van der Waals surface area contributed by atoms with E-state index in [1.54, 1.807) is 0 Å². The van der Waals surface area contributed by atoms with Crippen LogP contribution in [0, 0.1) is 23.1 Å².